The molecule has 0 radical (unpaired) electrons. The Hall–Kier alpha value is -3.35. The molecule has 0 N–H and O–H groups in total. The lowest BCUT2D eigenvalue weighted by molar-refractivity contribution is -0.142. The maximum absolute atomic E-state index is 12.8. The molecule has 0 unspecified atom stereocenters. The first-order valence-corrected chi connectivity index (χ1v) is 8.35. The Bertz CT molecular complexity index is 870. The lowest BCUT2D eigenvalue weighted by Crippen LogP contribution is -2.42. The van der Waals surface area contributed by atoms with Gasteiger partial charge in [-0.15, -0.1) is 0 Å². The van der Waals surface area contributed by atoms with E-state index in [1.165, 1.54) is 31.5 Å². The number of anilines is 1. The van der Waals surface area contributed by atoms with E-state index in [1.807, 2.05) is 0 Å². The van der Waals surface area contributed by atoms with Gasteiger partial charge < -0.3 is 13.9 Å². The lowest BCUT2D eigenvalue weighted by Gasteiger charge is -2.26. The van der Waals surface area contributed by atoms with Gasteiger partial charge in [0.25, 0.3) is 0 Å². The molecule has 2 atom stereocenters. The van der Waals surface area contributed by atoms with Gasteiger partial charge in [-0.05, 0) is 29.8 Å². The molecule has 7 heteroatoms. The van der Waals surface area contributed by atoms with Crippen LogP contribution in [0.5, 0.6) is 0 Å². The molecule has 1 fully saturated rings. The van der Waals surface area contributed by atoms with Crippen molar-refractivity contribution in [3.8, 4) is 0 Å². The zero-order chi connectivity index (χ0) is 19.4. The van der Waals surface area contributed by atoms with Gasteiger partial charge in [0, 0.05) is 12.5 Å². The van der Waals surface area contributed by atoms with E-state index < -0.39 is 23.9 Å². The van der Waals surface area contributed by atoms with Crippen LogP contribution in [0.25, 0.3) is 6.08 Å². The van der Waals surface area contributed by atoms with Crippen molar-refractivity contribution < 1.29 is 28.3 Å². The molecule has 2 aromatic rings. The molecule has 1 aliphatic heterocycles. The predicted octanol–water partition coefficient (Wildman–Crippen LogP) is 2.53. The van der Waals surface area contributed by atoms with Gasteiger partial charge >= 0.3 is 11.9 Å². The maximum Gasteiger partial charge on any atom is 0.330 e. The summed E-state index contributed by atoms with van der Waals surface area (Å²) in [5.74, 6) is -1.20. The molecule has 1 amide bonds. The van der Waals surface area contributed by atoms with Crippen molar-refractivity contribution in [1.29, 1.82) is 0 Å². The van der Waals surface area contributed by atoms with E-state index in [-0.39, 0.29) is 12.3 Å². The number of furan rings is 1. The summed E-state index contributed by atoms with van der Waals surface area (Å²) in [4.78, 5) is 38.2. The normalized spacial score (nSPS) is 19.5. The van der Waals surface area contributed by atoms with Crippen LogP contribution in [0.15, 0.2) is 53.2 Å². The molecule has 140 valence electrons. The molecule has 0 bridgehead atoms. The Morgan fingerprint density at radius 2 is 1.93 bits per heavy atom. The number of hydrogen-bond acceptors (Lipinski definition) is 6. The first kappa shape index (κ1) is 18.4. The zero-order valence-electron chi connectivity index (χ0n) is 15.0. The minimum atomic E-state index is -0.860. The fourth-order valence-corrected chi connectivity index (χ4v) is 3.24. The van der Waals surface area contributed by atoms with Crippen molar-refractivity contribution >= 4 is 29.6 Å². The third kappa shape index (κ3) is 3.62. The first-order chi connectivity index (χ1) is 13.1. The summed E-state index contributed by atoms with van der Waals surface area (Å²) < 4.78 is 15.0. The predicted molar refractivity (Wildman–Crippen MR) is 96.8 cm³/mol. The number of methoxy groups -OCH3 is 2. The van der Waals surface area contributed by atoms with Crippen molar-refractivity contribution in [2.45, 2.75) is 18.4 Å². The Morgan fingerprint density at radius 1 is 1.15 bits per heavy atom. The Kier molecular flexibility index (Phi) is 5.40. The molecule has 7 nitrogen and oxygen atoms in total. The highest BCUT2D eigenvalue weighted by Gasteiger charge is 2.48. The van der Waals surface area contributed by atoms with Crippen LogP contribution in [-0.2, 0) is 23.9 Å². The van der Waals surface area contributed by atoms with Crippen LogP contribution in [0.4, 0.5) is 5.69 Å². The molecule has 2 heterocycles. The minimum Gasteiger partial charge on any atom is -0.469 e. The van der Waals surface area contributed by atoms with E-state index in [0.29, 0.717) is 17.0 Å². The molecule has 0 spiro atoms. The Balaban J connectivity index is 2.04. The largest absolute Gasteiger partial charge is 0.469 e. The van der Waals surface area contributed by atoms with Gasteiger partial charge in [0.15, 0.2) is 0 Å². The highest BCUT2D eigenvalue weighted by atomic mass is 16.5. The number of nitrogens with zero attached hydrogens (tertiary/aromatic N) is 1. The van der Waals surface area contributed by atoms with Gasteiger partial charge in [-0.25, -0.2) is 9.59 Å². The van der Waals surface area contributed by atoms with Crippen molar-refractivity contribution in [2.75, 3.05) is 19.1 Å². The van der Waals surface area contributed by atoms with Crippen LogP contribution in [0.2, 0.25) is 0 Å². The molecule has 1 aromatic carbocycles. The van der Waals surface area contributed by atoms with Crippen molar-refractivity contribution in [3.63, 3.8) is 0 Å². The topological polar surface area (TPSA) is 86.0 Å². The van der Waals surface area contributed by atoms with E-state index in [2.05, 4.69) is 4.74 Å². The number of carbonyl (C=O) groups is 3. The number of esters is 2. The number of para-hydroxylation sites is 1. The second kappa shape index (κ2) is 7.90. The molecule has 3 rings (SSSR count). The van der Waals surface area contributed by atoms with Crippen LogP contribution in [-0.4, -0.2) is 38.1 Å². The molecular weight excluding hydrogens is 350 g/mol. The summed E-state index contributed by atoms with van der Waals surface area (Å²) in [6.07, 6.45) is 4.42. The third-order valence-corrected chi connectivity index (χ3v) is 4.47. The molecule has 1 saturated heterocycles. The van der Waals surface area contributed by atoms with Crippen molar-refractivity contribution in [3.05, 3.63) is 60.1 Å². The van der Waals surface area contributed by atoms with E-state index >= 15 is 0 Å². The number of rotatable bonds is 5. The summed E-state index contributed by atoms with van der Waals surface area (Å²) in [6, 6.07) is 9.59. The molecule has 0 aliphatic carbocycles. The highest BCUT2D eigenvalue weighted by Crippen LogP contribution is 2.39. The number of ether oxygens (including phenoxy) is 2. The average molecular weight is 369 g/mol. The summed E-state index contributed by atoms with van der Waals surface area (Å²) in [6.45, 7) is 0. The van der Waals surface area contributed by atoms with Crippen molar-refractivity contribution in [2.24, 2.45) is 0 Å². The monoisotopic (exact) mass is 369 g/mol. The van der Waals surface area contributed by atoms with Crippen LogP contribution >= 0.6 is 0 Å². The Labute approximate surface area is 156 Å². The highest BCUT2D eigenvalue weighted by molar-refractivity contribution is 6.05. The van der Waals surface area contributed by atoms with E-state index in [0.717, 1.165) is 0 Å². The summed E-state index contributed by atoms with van der Waals surface area (Å²) in [7, 11) is 2.56. The van der Waals surface area contributed by atoms with Gasteiger partial charge in [0.2, 0.25) is 5.91 Å². The van der Waals surface area contributed by atoms with Gasteiger partial charge in [-0.1, -0.05) is 18.2 Å². The molecule has 27 heavy (non-hydrogen) atoms. The lowest BCUT2D eigenvalue weighted by atomic mass is 9.97. The summed E-state index contributed by atoms with van der Waals surface area (Å²) >= 11 is 0. The zero-order valence-corrected chi connectivity index (χ0v) is 15.0. The smallest absolute Gasteiger partial charge is 0.330 e. The van der Waals surface area contributed by atoms with Crippen LogP contribution in [0.3, 0.4) is 0 Å². The third-order valence-electron chi connectivity index (χ3n) is 4.47. The fraction of sp³-hybridized carbons (Fsp3) is 0.250. The molecule has 0 saturated carbocycles. The van der Waals surface area contributed by atoms with Crippen LogP contribution in [0.1, 0.15) is 23.7 Å². The van der Waals surface area contributed by atoms with Gasteiger partial charge in [-0.3, -0.25) is 9.69 Å². The standard InChI is InChI=1S/C20H19NO6/c1-25-18(23)10-9-13-6-3-4-7-15(13)21-17(22)12-14(16-8-5-11-27-16)19(21)20(24)26-2/h3-11,14,19H,12H2,1-2H3/b10-9+/t14-,19+/m1/s1. The Morgan fingerprint density at radius 3 is 2.59 bits per heavy atom. The SMILES string of the molecule is COC(=O)/C=C/c1ccccc1N1C(=O)C[C@H](c2ccco2)[C@H]1C(=O)OC. The average Bonchev–Trinajstić information content (AvgIpc) is 3.33. The number of amides is 1. The number of benzene rings is 1. The number of hydrogen-bond donors (Lipinski definition) is 0. The minimum absolute atomic E-state index is 0.113. The van der Waals surface area contributed by atoms with E-state index in [4.69, 9.17) is 9.15 Å². The van der Waals surface area contributed by atoms with E-state index in [1.54, 1.807) is 42.5 Å². The fourth-order valence-electron chi connectivity index (χ4n) is 3.24. The maximum atomic E-state index is 12.8. The van der Waals surface area contributed by atoms with Gasteiger partial charge in [0.05, 0.1) is 32.1 Å². The van der Waals surface area contributed by atoms with Crippen LogP contribution < -0.4 is 4.90 Å². The molecular formula is C20H19NO6. The van der Waals surface area contributed by atoms with Gasteiger partial charge in [0.1, 0.15) is 11.8 Å². The first-order valence-electron chi connectivity index (χ1n) is 8.35. The van der Waals surface area contributed by atoms with Crippen LogP contribution in [0, 0.1) is 0 Å². The van der Waals surface area contributed by atoms with Crippen molar-refractivity contribution in [1.82, 2.24) is 0 Å². The second-order valence-electron chi connectivity index (χ2n) is 5.97. The van der Waals surface area contributed by atoms with Gasteiger partial charge in [-0.2, -0.15) is 0 Å². The number of carbonyl (C=O) groups excluding carboxylic acids is 3. The quantitative estimate of drug-likeness (QED) is 0.595. The summed E-state index contributed by atoms with van der Waals surface area (Å²) in [5.41, 5.74) is 1.11. The molecule has 1 aromatic heterocycles. The second-order valence-corrected chi connectivity index (χ2v) is 5.97. The molecule has 1 aliphatic rings. The van der Waals surface area contributed by atoms with E-state index in [9.17, 15) is 14.4 Å². The summed E-state index contributed by atoms with van der Waals surface area (Å²) in [5, 5.41) is 0.